The van der Waals surface area contributed by atoms with Gasteiger partial charge >= 0.3 is 0 Å². The molecule has 2 N–H and O–H groups in total. The molecule has 5 nitrogen and oxygen atoms in total. The van der Waals surface area contributed by atoms with Crippen molar-refractivity contribution in [2.24, 2.45) is 5.92 Å². The summed E-state index contributed by atoms with van der Waals surface area (Å²) < 4.78 is 22.8. The fourth-order valence-corrected chi connectivity index (χ4v) is 4.74. The van der Waals surface area contributed by atoms with Crippen molar-refractivity contribution in [3.05, 3.63) is 36.0 Å². The molecule has 1 aromatic carbocycles. The molecule has 23 heavy (non-hydrogen) atoms. The highest BCUT2D eigenvalue weighted by Crippen LogP contribution is 2.22. The Hall–Kier alpha value is -1.82. The van der Waals surface area contributed by atoms with Gasteiger partial charge in [-0.25, -0.2) is 8.42 Å². The number of amides is 1. The lowest BCUT2D eigenvalue weighted by Crippen LogP contribution is -2.31. The molecule has 1 aliphatic rings. The summed E-state index contributed by atoms with van der Waals surface area (Å²) in [5, 5.41) is 4.15. The van der Waals surface area contributed by atoms with E-state index < -0.39 is 9.84 Å². The molecule has 124 valence electrons. The number of H-pyrrole nitrogens is 1. The topological polar surface area (TPSA) is 79.0 Å². The van der Waals surface area contributed by atoms with Crippen LogP contribution in [0.15, 0.2) is 30.5 Å². The van der Waals surface area contributed by atoms with Gasteiger partial charge in [0.2, 0.25) is 5.91 Å². The zero-order valence-corrected chi connectivity index (χ0v) is 13.9. The van der Waals surface area contributed by atoms with E-state index in [0.717, 1.165) is 11.9 Å². The number of hydrogen-bond acceptors (Lipinski definition) is 3. The average molecular weight is 334 g/mol. The average Bonchev–Trinajstić information content (AvgIpc) is 2.93. The third kappa shape index (κ3) is 4.13. The first-order valence-electron chi connectivity index (χ1n) is 8.05. The van der Waals surface area contributed by atoms with E-state index in [2.05, 4.69) is 16.4 Å². The number of aromatic nitrogens is 1. The Labute approximate surface area is 136 Å². The standard InChI is InChI=1S/C17H22N2O3S/c20-17(11-13-6-9-23(21,22)10-7-13)18-8-5-14-12-19-16-4-2-1-3-15(14)16/h1-4,12-13,19H,5-11H2,(H,18,20). The van der Waals surface area contributed by atoms with E-state index in [0.29, 0.717) is 25.8 Å². The first kappa shape index (κ1) is 16.1. The number of hydrogen-bond donors (Lipinski definition) is 2. The predicted octanol–water partition coefficient (Wildman–Crippen LogP) is 2.04. The van der Waals surface area contributed by atoms with E-state index >= 15 is 0 Å². The Kier molecular flexibility index (Phi) is 4.71. The lowest BCUT2D eigenvalue weighted by Gasteiger charge is -2.21. The highest BCUT2D eigenvalue weighted by molar-refractivity contribution is 7.91. The van der Waals surface area contributed by atoms with Crippen molar-refractivity contribution in [1.82, 2.24) is 10.3 Å². The molecule has 6 heteroatoms. The van der Waals surface area contributed by atoms with Gasteiger partial charge in [0.05, 0.1) is 11.5 Å². The zero-order valence-electron chi connectivity index (χ0n) is 13.0. The maximum absolute atomic E-state index is 12.0. The summed E-state index contributed by atoms with van der Waals surface area (Å²) in [6, 6.07) is 8.12. The summed E-state index contributed by atoms with van der Waals surface area (Å²) in [7, 11) is -2.85. The fourth-order valence-electron chi connectivity index (χ4n) is 3.15. The number of fused-ring (bicyclic) bond motifs is 1. The number of aromatic amines is 1. The summed E-state index contributed by atoms with van der Waals surface area (Å²) >= 11 is 0. The minimum absolute atomic E-state index is 0.0224. The van der Waals surface area contributed by atoms with Crippen LogP contribution in [0.4, 0.5) is 0 Å². The van der Waals surface area contributed by atoms with E-state index in [9.17, 15) is 13.2 Å². The minimum Gasteiger partial charge on any atom is -0.361 e. The molecule has 1 amide bonds. The summed E-state index contributed by atoms with van der Waals surface area (Å²) in [6.45, 7) is 0.603. The van der Waals surface area contributed by atoms with Gasteiger partial charge in [0.1, 0.15) is 9.84 Å². The van der Waals surface area contributed by atoms with Crippen LogP contribution in [-0.2, 0) is 21.1 Å². The Morgan fingerprint density at radius 1 is 1.22 bits per heavy atom. The van der Waals surface area contributed by atoms with Gasteiger partial charge in [-0.1, -0.05) is 18.2 Å². The maximum Gasteiger partial charge on any atom is 0.220 e. The molecule has 0 aliphatic carbocycles. The van der Waals surface area contributed by atoms with E-state index in [1.807, 2.05) is 24.4 Å². The Balaban J connectivity index is 1.45. The summed E-state index contributed by atoms with van der Waals surface area (Å²) in [5.41, 5.74) is 2.31. The smallest absolute Gasteiger partial charge is 0.220 e. The van der Waals surface area contributed by atoms with Crippen molar-refractivity contribution in [3.8, 4) is 0 Å². The summed E-state index contributed by atoms with van der Waals surface area (Å²) in [5.74, 6) is 0.668. The molecule has 1 aromatic heterocycles. The summed E-state index contributed by atoms with van der Waals surface area (Å²) in [4.78, 5) is 15.2. The van der Waals surface area contributed by atoms with Crippen molar-refractivity contribution in [2.45, 2.75) is 25.7 Å². The van der Waals surface area contributed by atoms with Crippen molar-refractivity contribution >= 4 is 26.6 Å². The van der Waals surface area contributed by atoms with Gasteiger partial charge in [-0.3, -0.25) is 4.79 Å². The number of carbonyl (C=O) groups is 1. The van der Waals surface area contributed by atoms with Crippen LogP contribution in [-0.4, -0.2) is 37.4 Å². The number of sulfone groups is 1. The van der Waals surface area contributed by atoms with Crippen molar-refractivity contribution in [3.63, 3.8) is 0 Å². The van der Waals surface area contributed by atoms with Crippen molar-refractivity contribution in [2.75, 3.05) is 18.1 Å². The van der Waals surface area contributed by atoms with Gasteiger partial charge in [0.25, 0.3) is 0 Å². The second-order valence-electron chi connectivity index (χ2n) is 6.26. The zero-order chi connectivity index (χ0) is 16.3. The van der Waals surface area contributed by atoms with Gasteiger partial charge in [-0.2, -0.15) is 0 Å². The number of carbonyl (C=O) groups excluding carboxylic acids is 1. The monoisotopic (exact) mass is 334 g/mol. The van der Waals surface area contributed by atoms with Crippen LogP contribution < -0.4 is 5.32 Å². The maximum atomic E-state index is 12.0. The Morgan fingerprint density at radius 2 is 1.96 bits per heavy atom. The molecule has 0 spiro atoms. The molecule has 0 bridgehead atoms. The molecule has 1 saturated heterocycles. The van der Waals surface area contributed by atoms with Crippen LogP contribution in [0.3, 0.4) is 0 Å². The molecule has 0 saturated carbocycles. The van der Waals surface area contributed by atoms with Crippen LogP contribution in [0.1, 0.15) is 24.8 Å². The van der Waals surface area contributed by atoms with Crippen LogP contribution in [0.2, 0.25) is 0 Å². The van der Waals surface area contributed by atoms with Crippen LogP contribution in [0.25, 0.3) is 10.9 Å². The summed E-state index contributed by atoms with van der Waals surface area (Å²) in [6.07, 6.45) is 4.43. The largest absolute Gasteiger partial charge is 0.361 e. The normalized spacial score (nSPS) is 18.1. The Bertz CT molecular complexity index is 781. The third-order valence-corrected chi connectivity index (χ3v) is 6.26. The van der Waals surface area contributed by atoms with Crippen LogP contribution in [0.5, 0.6) is 0 Å². The second kappa shape index (κ2) is 6.74. The molecule has 0 unspecified atom stereocenters. The molecule has 1 aliphatic heterocycles. The first-order chi connectivity index (χ1) is 11.0. The van der Waals surface area contributed by atoms with Gasteiger partial charge < -0.3 is 10.3 Å². The van der Waals surface area contributed by atoms with Gasteiger partial charge in [-0.05, 0) is 36.8 Å². The highest BCUT2D eigenvalue weighted by atomic mass is 32.2. The number of rotatable bonds is 5. The second-order valence-corrected chi connectivity index (χ2v) is 8.56. The molecular weight excluding hydrogens is 312 g/mol. The molecule has 2 heterocycles. The predicted molar refractivity (Wildman–Crippen MR) is 91.0 cm³/mol. The van der Waals surface area contributed by atoms with E-state index in [1.54, 1.807) is 0 Å². The number of para-hydroxylation sites is 1. The lowest BCUT2D eigenvalue weighted by molar-refractivity contribution is -0.122. The molecule has 0 atom stereocenters. The number of benzene rings is 1. The number of nitrogens with one attached hydrogen (secondary N) is 2. The lowest BCUT2D eigenvalue weighted by atomic mass is 9.98. The van der Waals surface area contributed by atoms with Gasteiger partial charge in [0, 0.05) is 30.1 Å². The van der Waals surface area contributed by atoms with E-state index in [4.69, 9.17) is 0 Å². The highest BCUT2D eigenvalue weighted by Gasteiger charge is 2.25. The van der Waals surface area contributed by atoms with Crippen molar-refractivity contribution in [1.29, 1.82) is 0 Å². The molecule has 3 rings (SSSR count). The molecule has 2 aromatic rings. The Morgan fingerprint density at radius 3 is 2.74 bits per heavy atom. The first-order valence-corrected chi connectivity index (χ1v) is 9.88. The molecule has 0 radical (unpaired) electrons. The van der Waals surface area contributed by atoms with Crippen LogP contribution >= 0.6 is 0 Å². The minimum atomic E-state index is -2.85. The van der Waals surface area contributed by atoms with Crippen molar-refractivity contribution < 1.29 is 13.2 Å². The molecular formula is C17H22N2O3S. The van der Waals surface area contributed by atoms with E-state index in [-0.39, 0.29) is 23.3 Å². The third-order valence-electron chi connectivity index (χ3n) is 4.54. The fraction of sp³-hybridized carbons (Fsp3) is 0.471. The van der Waals surface area contributed by atoms with Gasteiger partial charge in [0.15, 0.2) is 0 Å². The van der Waals surface area contributed by atoms with Gasteiger partial charge in [-0.15, -0.1) is 0 Å². The quantitative estimate of drug-likeness (QED) is 0.878. The van der Waals surface area contributed by atoms with E-state index in [1.165, 1.54) is 10.9 Å². The van der Waals surface area contributed by atoms with Crippen LogP contribution in [0, 0.1) is 5.92 Å². The SMILES string of the molecule is O=C(CC1CCS(=O)(=O)CC1)NCCc1c[nH]c2ccccc12. The molecule has 1 fully saturated rings.